The Morgan fingerprint density at radius 3 is 1.89 bits per heavy atom. The number of halogens is 7. The number of amides is 1. The van der Waals surface area contributed by atoms with Gasteiger partial charge in [0.25, 0.3) is 5.60 Å². The van der Waals surface area contributed by atoms with Crippen LogP contribution in [0, 0.1) is 5.82 Å². The minimum absolute atomic E-state index is 0.0466. The van der Waals surface area contributed by atoms with Crippen LogP contribution in [-0.2, 0) is 15.8 Å². The molecule has 4 nitrogen and oxygen atoms in total. The van der Waals surface area contributed by atoms with Gasteiger partial charge in [-0.1, -0.05) is 43.3 Å². The zero-order chi connectivity index (χ0) is 27.3. The molecule has 0 spiro atoms. The van der Waals surface area contributed by atoms with E-state index in [0.29, 0.717) is 23.3 Å². The van der Waals surface area contributed by atoms with Crippen molar-refractivity contribution in [2.75, 3.05) is 13.1 Å². The van der Waals surface area contributed by atoms with E-state index in [9.17, 15) is 40.6 Å². The Hall–Kier alpha value is -2.82. The van der Waals surface area contributed by atoms with E-state index >= 15 is 0 Å². The summed E-state index contributed by atoms with van der Waals surface area (Å²) in [5.74, 6) is -1.08. The molecule has 2 atom stereocenters. The van der Waals surface area contributed by atoms with Crippen LogP contribution < -0.4 is 0 Å². The molecule has 0 aromatic heterocycles. The molecule has 1 N–H and O–H groups in total. The number of carbonyl (C=O) groups excluding carboxylic acids is 1. The Bertz CT molecular complexity index is 1080. The van der Waals surface area contributed by atoms with Crippen molar-refractivity contribution in [2.24, 2.45) is 0 Å². The highest BCUT2D eigenvalue weighted by atomic mass is 19.4. The molecular weight excluding hydrogens is 495 g/mol. The fourth-order valence-electron chi connectivity index (χ4n) is 4.50. The quantitative estimate of drug-likeness (QED) is 0.474. The molecule has 1 aliphatic heterocycles. The highest BCUT2D eigenvalue weighted by Gasteiger charge is 2.71. The SMILES string of the molecule is CC(C)(C)OC(=O)N1C[C@H](c2ccc(C(O)(C(F)(F)F)C(F)(F)F)cc2)[C@](C)(c2ccc(F)cc2)C1. The van der Waals surface area contributed by atoms with Gasteiger partial charge in [0.2, 0.25) is 0 Å². The van der Waals surface area contributed by atoms with Crippen LogP contribution in [0.4, 0.5) is 35.5 Å². The molecule has 0 aliphatic carbocycles. The third-order valence-electron chi connectivity index (χ3n) is 6.40. The summed E-state index contributed by atoms with van der Waals surface area (Å²) in [5.41, 5.74) is -7.15. The van der Waals surface area contributed by atoms with Crippen LogP contribution >= 0.6 is 0 Å². The van der Waals surface area contributed by atoms with Crippen molar-refractivity contribution in [3.05, 3.63) is 71.0 Å². The van der Waals surface area contributed by atoms with E-state index in [1.807, 2.05) is 0 Å². The first-order valence-electron chi connectivity index (χ1n) is 11.0. The van der Waals surface area contributed by atoms with Crippen LogP contribution in [0.2, 0.25) is 0 Å². The number of rotatable bonds is 3. The highest BCUT2D eigenvalue weighted by molar-refractivity contribution is 5.69. The molecule has 0 bridgehead atoms. The lowest BCUT2D eigenvalue weighted by Crippen LogP contribution is -2.53. The molecule has 11 heteroatoms. The van der Waals surface area contributed by atoms with Gasteiger partial charge < -0.3 is 14.7 Å². The number of ether oxygens (including phenoxy) is 1. The molecule has 36 heavy (non-hydrogen) atoms. The second-order valence-corrected chi connectivity index (χ2v) is 10.2. The Morgan fingerprint density at radius 2 is 1.44 bits per heavy atom. The van der Waals surface area contributed by atoms with E-state index < -0.39 is 52.4 Å². The number of carbonyl (C=O) groups is 1. The van der Waals surface area contributed by atoms with Crippen molar-refractivity contribution in [1.82, 2.24) is 4.90 Å². The van der Waals surface area contributed by atoms with E-state index in [1.54, 1.807) is 27.7 Å². The monoisotopic (exact) mass is 521 g/mol. The maximum atomic E-state index is 13.6. The highest BCUT2D eigenvalue weighted by Crippen LogP contribution is 2.51. The molecule has 0 unspecified atom stereocenters. The number of nitrogens with zero attached hydrogens (tertiary/aromatic N) is 1. The van der Waals surface area contributed by atoms with E-state index in [1.165, 1.54) is 29.2 Å². The molecule has 1 fully saturated rings. The predicted molar refractivity (Wildman–Crippen MR) is 117 cm³/mol. The van der Waals surface area contributed by atoms with Gasteiger partial charge in [0.15, 0.2) is 0 Å². The average Bonchev–Trinajstić information content (AvgIpc) is 3.10. The van der Waals surface area contributed by atoms with Crippen molar-refractivity contribution < 1.29 is 45.4 Å². The second-order valence-electron chi connectivity index (χ2n) is 10.2. The maximum Gasteiger partial charge on any atom is 0.430 e. The van der Waals surface area contributed by atoms with Crippen molar-refractivity contribution in [1.29, 1.82) is 0 Å². The third kappa shape index (κ3) is 5.02. The van der Waals surface area contributed by atoms with Gasteiger partial charge in [-0.2, -0.15) is 26.3 Å². The van der Waals surface area contributed by atoms with Crippen LogP contribution in [0.1, 0.15) is 50.3 Å². The van der Waals surface area contributed by atoms with Crippen LogP contribution in [0.5, 0.6) is 0 Å². The number of alkyl halides is 6. The van der Waals surface area contributed by atoms with Crippen LogP contribution in [0.15, 0.2) is 48.5 Å². The van der Waals surface area contributed by atoms with Crippen molar-refractivity contribution in [3.63, 3.8) is 0 Å². The van der Waals surface area contributed by atoms with Crippen LogP contribution in [0.3, 0.4) is 0 Å². The number of benzene rings is 2. The first kappa shape index (κ1) is 27.8. The normalized spacial score (nSPS) is 21.6. The Morgan fingerprint density at radius 1 is 0.944 bits per heavy atom. The molecule has 3 rings (SSSR count). The molecule has 198 valence electrons. The fourth-order valence-corrected chi connectivity index (χ4v) is 4.50. The molecular formula is C25H26F7NO3. The van der Waals surface area contributed by atoms with Crippen molar-refractivity contribution >= 4 is 6.09 Å². The summed E-state index contributed by atoms with van der Waals surface area (Å²) >= 11 is 0. The Balaban J connectivity index is 2.05. The number of hydrogen-bond acceptors (Lipinski definition) is 3. The van der Waals surface area contributed by atoms with Gasteiger partial charge in [-0.3, -0.25) is 0 Å². The van der Waals surface area contributed by atoms with E-state index in [-0.39, 0.29) is 13.1 Å². The summed E-state index contributed by atoms with van der Waals surface area (Å²) in [4.78, 5) is 14.2. The molecule has 1 aliphatic rings. The van der Waals surface area contributed by atoms with Crippen molar-refractivity contribution in [2.45, 2.75) is 62.6 Å². The summed E-state index contributed by atoms with van der Waals surface area (Å²) in [7, 11) is 0. The fraction of sp³-hybridized carbons (Fsp3) is 0.480. The summed E-state index contributed by atoms with van der Waals surface area (Å²) < 4.78 is 98.7. The van der Waals surface area contributed by atoms with Crippen LogP contribution in [0.25, 0.3) is 0 Å². The minimum Gasteiger partial charge on any atom is -0.444 e. The Kier molecular flexibility index (Phi) is 6.89. The molecule has 1 amide bonds. The van der Waals surface area contributed by atoms with E-state index in [4.69, 9.17) is 4.74 Å². The van der Waals surface area contributed by atoms with E-state index in [0.717, 1.165) is 12.1 Å². The summed E-state index contributed by atoms with van der Waals surface area (Å²) in [6.07, 6.45) is -12.6. The first-order chi connectivity index (χ1) is 16.3. The number of aliphatic hydroxyl groups is 1. The van der Waals surface area contributed by atoms with Gasteiger partial charge in [0, 0.05) is 30.0 Å². The third-order valence-corrected chi connectivity index (χ3v) is 6.40. The van der Waals surface area contributed by atoms with Gasteiger partial charge >= 0.3 is 18.4 Å². The van der Waals surface area contributed by atoms with Gasteiger partial charge in [0.05, 0.1) is 0 Å². The van der Waals surface area contributed by atoms with Gasteiger partial charge in [-0.15, -0.1) is 0 Å². The standard InChI is InChI=1S/C25H26F7NO3/c1-21(2,3)36-20(34)33-13-19(22(4,14-33)16-9-11-18(26)12-10-16)15-5-7-17(8-6-15)23(35,24(27,28)29)25(30,31)32/h5-12,19,35H,13-14H2,1-4H3/t19-,22+/m1/s1. The topological polar surface area (TPSA) is 49.8 Å². The van der Waals surface area contributed by atoms with Gasteiger partial charge in [-0.25, -0.2) is 9.18 Å². The summed E-state index contributed by atoms with van der Waals surface area (Å²) in [6.45, 7) is 6.96. The molecule has 1 saturated heterocycles. The average molecular weight is 521 g/mol. The predicted octanol–water partition coefficient (Wildman–Crippen LogP) is 6.43. The summed E-state index contributed by atoms with van der Waals surface area (Å²) in [5, 5.41) is 9.69. The van der Waals surface area contributed by atoms with Gasteiger partial charge in [-0.05, 0) is 44.0 Å². The van der Waals surface area contributed by atoms with E-state index in [2.05, 4.69) is 0 Å². The van der Waals surface area contributed by atoms with Gasteiger partial charge in [0.1, 0.15) is 11.4 Å². The summed E-state index contributed by atoms with van der Waals surface area (Å²) in [6, 6.07) is 8.79. The largest absolute Gasteiger partial charge is 0.444 e. The number of hydrogen-bond donors (Lipinski definition) is 1. The zero-order valence-corrected chi connectivity index (χ0v) is 20.0. The van der Waals surface area contributed by atoms with Crippen LogP contribution in [-0.4, -0.2) is 47.1 Å². The lowest BCUT2D eigenvalue weighted by molar-refractivity contribution is -0.376. The molecule has 2 aromatic carbocycles. The number of likely N-dealkylation sites (tertiary alicyclic amines) is 1. The molecule has 1 heterocycles. The molecule has 0 radical (unpaired) electrons. The Labute approximate surface area is 203 Å². The minimum atomic E-state index is -6.00. The first-order valence-corrected chi connectivity index (χ1v) is 11.0. The lowest BCUT2D eigenvalue weighted by atomic mass is 9.71. The second kappa shape index (κ2) is 8.93. The maximum absolute atomic E-state index is 13.6. The molecule has 2 aromatic rings. The smallest absolute Gasteiger partial charge is 0.430 e. The lowest BCUT2D eigenvalue weighted by Gasteiger charge is -2.34. The van der Waals surface area contributed by atoms with Crippen molar-refractivity contribution in [3.8, 4) is 0 Å². The zero-order valence-electron chi connectivity index (χ0n) is 20.0. The molecule has 0 saturated carbocycles.